The number of benzene rings is 1. The van der Waals surface area contributed by atoms with Gasteiger partial charge in [0.05, 0.1) is 11.5 Å². The lowest BCUT2D eigenvalue weighted by atomic mass is 10.1. The minimum absolute atomic E-state index is 0.0805. The topological polar surface area (TPSA) is 60.9 Å². The molecule has 20 heavy (non-hydrogen) atoms. The summed E-state index contributed by atoms with van der Waals surface area (Å²) < 4.78 is 26.8. The molecule has 0 aromatic heterocycles. The monoisotopic (exact) mass is 298 g/mol. The zero-order valence-electron chi connectivity index (χ0n) is 12.2. The van der Waals surface area contributed by atoms with Crippen molar-refractivity contribution in [1.29, 1.82) is 0 Å². The number of sulfonamides is 1. The Balaban J connectivity index is 2.25. The lowest BCUT2D eigenvalue weighted by Crippen LogP contribution is -2.56. The van der Waals surface area contributed by atoms with Crippen molar-refractivity contribution in [1.82, 2.24) is 9.21 Å². The molecule has 2 unspecified atom stereocenters. The Morgan fingerprint density at radius 1 is 1.15 bits per heavy atom. The SMILES string of the molecule is CC1CN(S(=O)(=O)c2ccc(CO)cc2)CC(C)N1C. The molecule has 2 rings (SSSR count). The molecule has 0 amide bonds. The van der Waals surface area contributed by atoms with Gasteiger partial charge in [0.25, 0.3) is 0 Å². The van der Waals surface area contributed by atoms with E-state index in [0.717, 1.165) is 0 Å². The van der Waals surface area contributed by atoms with E-state index in [9.17, 15) is 8.42 Å². The molecule has 5 nitrogen and oxygen atoms in total. The summed E-state index contributed by atoms with van der Waals surface area (Å²) in [5.41, 5.74) is 0.712. The smallest absolute Gasteiger partial charge is 0.243 e. The zero-order chi connectivity index (χ0) is 14.9. The molecule has 1 fully saturated rings. The van der Waals surface area contributed by atoms with Gasteiger partial charge in [-0.2, -0.15) is 4.31 Å². The van der Waals surface area contributed by atoms with Crippen LogP contribution in [0.1, 0.15) is 19.4 Å². The molecule has 1 aliphatic rings. The molecular formula is C14H22N2O3S. The van der Waals surface area contributed by atoms with Gasteiger partial charge >= 0.3 is 0 Å². The molecule has 1 saturated heterocycles. The summed E-state index contributed by atoms with van der Waals surface area (Å²) in [4.78, 5) is 2.49. The standard InChI is InChI=1S/C14H22N2O3S/c1-11-8-16(9-12(2)15(11)3)20(18,19)14-6-4-13(10-17)5-7-14/h4-7,11-12,17H,8-10H2,1-3H3. The lowest BCUT2D eigenvalue weighted by Gasteiger charge is -2.41. The number of aliphatic hydroxyl groups is 1. The third-order valence-corrected chi connectivity index (χ3v) is 5.92. The maximum absolute atomic E-state index is 12.6. The molecule has 1 N–H and O–H groups in total. The van der Waals surface area contributed by atoms with Crippen LogP contribution in [0.4, 0.5) is 0 Å². The predicted octanol–water partition coefficient (Wildman–Crippen LogP) is 0.892. The Kier molecular flexibility index (Phi) is 4.49. The number of hydrogen-bond acceptors (Lipinski definition) is 4. The fourth-order valence-electron chi connectivity index (χ4n) is 2.47. The van der Waals surface area contributed by atoms with Crippen LogP contribution in [0.2, 0.25) is 0 Å². The molecule has 1 aromatic rings. The van der Waals surface area contributed by atoms with Crippen LogP contribution < -0.4 is 0 Å². The largest absolute Gasteiger partial charge is 0.392 e. The Morgan fingerprint density at radius 3 is 2.10 bits per heavy atom. The Hall–Kier alpha value is -0.950. The highest BCUT2D eigenvalue weighted by Crippen LogP contribution is 2.22. The summed E-state index contributed by atoms with van der Waals surface area (Å²) in [7, 11) is -1.43. The van der Waals surface area contributed by atoms with Crippen LogP contribution >= 0.6 is 0 Å². The molecule has 0 saturated carbocycles. The van der Waals surface area contributed by atoms with Gasteiger partial charge in [-0.05, 0) is 38.6 Å². The van der Waals surface area contributed by atoms with Crippen LogP contribution in [-0.2, 0) is 16.6 Å². The summed E-state index contributed by atoms with van der Waals surface area (Å²) >= 11 is 0. The molecule has 1 aliphatic heterocycles. The van der Waals surface area contributed by atoms with Gasteiger partial charge in [-0.25, -0.2) is 8.42 Å². The molecule has 0 aliphatic carbocycles. The molecule has 1 aromatic carbocycles. The van der Waals surface area contributed by atoms with E-state index in [1.807, 2.05) is 20.9 Å². The number of hydrogen-bond donors (Lipinski definition) is 1. The van der Waals surface area contributed by atoms with Gasteiger partial charge < -0.3 is 5.11 Å². The van der Waals surface area contributed by atoms with Crippen LogP contribution in [0.5, 0.6) is 0 Å². The van der Waals surface area contributed by atoms with Gasteiger partial charge in [-0.15, -0.1) is 0 Å². The van der Waals surface area contributed by atoms with E-state index < -0.39 is 10.0 Å². The van der Waals surface area contributed by atoms with Crippen molar-refractivity contribution in [2.24, 2.45) is 0 Å². The van der Waals surface area contributed by atoms with E-state index in [2.05, 4.69) is 4.90 Å². The van der Waals surface area contributed by atoms with Crippen molar-refractivity contribution in [2.45, 2.75) is 37.4 Å². The van der Waals surface area contributed by atoms with E-state index in [4.69, 9.17) is 5.11 Å². The van der Waals surface area contributed by atoms with Crippen molar-refractivity contribution in [2.75, 3.05) is 20.1 Å². The van der Waals surface area contributed by atoms with Crippen molar-refractivity contribution < 1.29 is 13.5 Å². The third kappa shape index (κ3) is 2.88. The molecule has 6 heteroatoms. The Morgan fingerprint density at radius 2 is 1.65 bits per heavy atom. The second kappa shape index (κ2) is 5.81. The third-order valence-electron chi connectivity index (χ3n) is 4.07. The Labute approximate surface area is 120 Å². The number of piperazine rings is 1. The van der Waals surface area contributed by atoms with Gasteiger partial charge in [0.2, 0.25) is 10.0 Å². The molecule has 2 atom stereocenters. The minimum Gasteiger partial charge on any atom is -0.392 e. The Bertz CT molecular complexity index is 544. The van der Waals surface area contributed by atoms with Gasteiger partial charge in [-0.1, -0.05) is 12.1 Å². The first kappa shape index (κ1) is 15.4. The van der Waals surface area contributed by atoms with E-state index in [-0.39, 0.29) is 18.7 Å². The van der Waals surface area contributed by atoms with E-state index >= 15 is 0 Å². The van der Waals surface area contributed by atoms with Crippen molar-refractivity contribution in [3.8, 4) is 0 Å². The van der Waals surface area contributed by atoms with Crippen LogP contribution in [-0.4, -0.2) is 55.0 Å². The number of likely N-dealkylation sites (N-methyl/N-ethyl adjacent to an activating group) is 1. The second-order valence-electron chi connectivity index (χ2n) is 5.49. The molecule has 0 radical (unpaired) electrons. The molecular weight excluding hydrogens is 276 g/mol. The lowest BCUT2D eigenvalue weighted by molar-refractivity contribution is 0.105. The number of aliphatic hydroxyl groups excluding tert-OH is 1. The maximum Gasteiger partial charge on any atom is 0.243 e. The quantitative estimate of drug-likeness (QED) is 0.900. The van der Waals surface area contributed by atoms with Crippen LogP contribution in [0.3, 0.4) is 0 Å². The highest BCUT2D eigenvalue weighted by Gasteiger charge is 2.34. The molecule has 1 heterocycles. The van der Waals surface area contributed by atoms with Crippen LogP contribution in [0, 0.1) is 0 Å². The fraction of sp³-hybridized carbons (Fsp3) is 0.571. The fourth-order valence-corrected chi connectivity index (χ4v) is 4.07. The average molecular weight is 298 g/mol. The van der Waals surface area contributed by atoms with Gasteiger partial charge in [0.15, 0.2) is 0 Å². The molecule has 0 bridgehead atoms. The van der Waals surface area contributed by atoms with Gasteiger partial charge in [-0.3, -0.25) is 4.90 Å². The molecule has 0 spiro atoms. The number of rotatable bonds is 3. The first-order valence-electron chi connectivity index (χ1n) is 6.78. The summed E-state index contributed by atoms with van der Waals surface area (Å²) in [6.07, 6.45) is 0. The van der Waals surface area contributed by atoms with Crippen molar-refractivity contribution >= 4 is 10.0 Å². The molecule has 112 valence electrons. The normalized spacial score (nSPS) is 25.8. The highest BCUT2D eigenvalue weighted by molar-refractivity contribution is 7.89. The highest BCUT2D eigenvalue weighted by atomic mass is 32.2. The minimum atomic E-state index is -3.45. The van der Waals surface area contributed by atoms with E-state index in [0.29, 0.717) is 23.5 Å². The van der Waals surface area contributed by atoms with E-state index in [1.54, 1.807) is 28.6 Å². The maximum atomic E-state index is 12.6. The van der Waals surface area contributed by atoms with Gasteiger partial charge in [0.1, 0.15) is 0 Å². The summed E-state index contributed by atoms with van der Waals surface area (Å²) in [5, 5.41) is 9.01. The summed E-state index contributed by atoms with van der Waals surface area (Å²) in [6, 6.07) is 6.82. The van der Waals surface area contributed by atoms with Crippen LogP contribution in [0.25, 0.3) is 0 Å². The van der Waals surface area contributed by atoms with Crippen LogP contribution in [0.15, 0.2) is 29.2 Å². The van der Waals surface area contributed by atoms with Gasteiger partial charge in [0, 0.05) is 25.2 Å². The van der Waals surface area contributed by atoms with Crippen molar-refractivity contribution in [3.05, 3.63) is 29.8 Å². The number of nitrogens with zero attached hydrogens (tertiary/aromatic N) is 2. The first-order valence-corrected chi connectivity index (χ1v) is 8.22. The first-order chi connectivity index (χ1) is 9.36. The van der Waals surface area contributed by atoms with E-state index in [1.165, 1.54) is 0 Å². The summed E-state index contributed by atoms with van der Waals surface area (Å²) in [5.74, 6) is 0. The average Bonchev–Trinajstić information content (AvgIpc) is 2.44. The summed E-state index contributed by atoms with van der Waals surface area (Å²) in [6.45, 7) is 5.00. The zero-order valence-corrected chi connectivity index (χ0v) is 13.0. The second-order valence-corrected chi connectivity index (χ2v) is 7.43. The predicted molar refractivity (Wildman–Crippen MR) is 77.8 cm³/mol. The van der Waals surface area contributed by atoms with Crippen molar-refractivity contribution in [3.63, 3.8) is 0 Å².